The second kappa shape index (κ2) is 6.20. The zero-order valence-electron chi connectivity index (χ0n) is 12.4. The Morgan fingerprint density at radius 2 is 2.26 bits per heavy atom. The first-order valence-corrected chi connectivity index (χ1v) is 7.37. The van der Waals surface area contributed by atoms with Crippen LogP contribution >= 0.6 is 0 Å². The molecule has 1 unspecified atom stereocenters. The highest BCUT2D eigenvalue weighted by atomic mass is 16.5. The van der Waals surface area contributed by atoms with E-state index in [2.05, 4.69) is 17.1 Å². The number of amides is 1. The summed E-state index contributed by atoms with van der Waals surface area (Å²) in [5, 5.41) is 3.17. The molecule has 2 fully saturated rings. The molecule has 0 radical (unpaired) electrons. The summed E-state index contributed by atoms with van der Waals surface area (Å²) in [5.41, 5.74) is -0.140. The van der Waals surface area contributed by atoms with Gasteiger partial charge in [-0.3, -0.25) is 9.69 Å². The molecule has 110 valence electrons. The van der Waals surface area contributed by atoms with Crippen LogP contribution in [0.2, 0.25) is 0 Å². The Labute approximate surface area is 116 Å². The summed E-state index contributed by atoms with van der Waals surface area (Å²) in [6, 6.07) is 0.528. The van der Waals surface area contributed by atoms with Crippen LogP contribution in [-0.4, -0.2) is 73.7 Å². The monoisotopic (exact) mass is 269 g/mol. The average molecular weight is 269 g/mol. The van der Waals surface area contributed by atoms with Crippen LogP contribution in [0.5, 0.6) is 0 Å². The fraction of sp³-hybridized carbons (Fsp3) is 0.929. The summed E-state index contributed by atoms with van der Waals surface area (Å²) in [7, 11) is 1.89. The fourth-order valence-electron chi connectivity index (χ4n) is 2.86. The molecule has 0 aromatic heterocycles. The predicted molar refractivity (Wildman–Crippen MR) is 75.1 cm³/mol. The lowest BCUT2D eigenvalue weighted by Crippen LogP contribution is -2.59. The summed E-state index contributed by atoms with van der Waals surface area (Å²) in [6.45, 7) is 9.20. The fourth-order valence-corrected chi connectivity index (χ4v) is 2.86. The lowest BCUT2D eigenvalue weighted by atomic mass is 10.0. The Bertz CT molecular complexity index is 318. The van der Waals surface area contributed by atoms with E-state index in [1.165, 1.54) is 19.4 Å². The molecule has 2 rings (SSSR count). The highest BCUT2D eigenvalue weighted by molar-refractivity contribution is 5.77. The number of rotatable bonds is 6. The van der Waals surface area contributed by atoms with Crippen LogP contribution in [0.25, 0.3) is 0 Å². The van der Waals surface area contributed by atoms with E-state index in [0.29, 0.717) is 6.04 Å². The number of ether oxygens (including phenoxy) is 1. The summed E-state index contributed by atoms with van der Waals surface area (Å²) in [6.07, 6.45) is 2.45. The van der Waals surface area contributed by atoms with Gasteiger partial charge in [-0.25, -0.2) is 0 Å². The smallest absolute Gasteiger partial charge is 0.248 e. The maximum absolute atomic E-state index is 12.1. The van der Waals surface area contributed by atoms with Crippen molar-refractivity contribution < 1.29 is 9.53 Å². The quantitative estimate of drug-likeness (QED) is 0.754. The molecule has 2 heterocycles. The van der Waals surface area contributed by atoms with Gasteiger partial charge in [0.1, 0.15) is 6.61 Å². The average Bonchev–Trinajstić information content (AvgIpc) is 2.80. The van der Waals surface area contributed by atoms with Crippen LogP contribution in [0.15, 0.2) is 0 Å². The number of nitrogens with zero attached hydrogens (tertiary/aromatic N) is 2. The minimum atomic E-state index is -0.140. The first kappa shape index (κ1) is 14.8. The molecule has 1 atom stereocenters. The molecule has 0 aromatic rings. The number of carbonyl (C=O) groups is 1. The van der Waals surface area contributed by atoms with Crippen LogP contribution in [0, 0.1) is 0 Å². The van der Waals surface area contributed by atoms with Crippen LogP contribution in [0.1, 0.15) is 26.7 Å². The summed E-state index contributed by atoms with van der Waals surface area (Å²) >= 11 is 0. The third-order valence-corrected chi connectivity index (χ3v) is 4.36. The van der Waals surface area contributed by atoms with Crippen molar-refractivity contribution >= 4 is 5.91 Å². The van der Waals surface area contributed by atoms with Gasteiger partial charge in [0.05, 0.1) is 5.60 Å². The number of hydrogen-bond donors (Lipinski definition) is 1. The molecule has 2 aliphatic rings. The Balaban J connectivity index is 1.72. The van der Waals surface area contributed by atoms with Crippen LogP contribution in [0.3, 0.4) is 0 Å². The van der Waals surface area contributed by atoms with Crippen molar-refractivity contribution in [3.8, 4) is 0 Å². The zero-order valence-corrected chi connectivity index (χ0v) is 12.4. The highest BCUT2D eigenvalue weighted by Gasteiger charge is 2.33. The van der Waals surface area contributed by atoms with Crippen LogP contribution < -0.4 is 5.32 Å². The molecule has 0 aliphatic carbocycles. The van der Waals surface area contributed by atoms with Crippen molar-refractivity contribution in [2.45, 2.75) is 38.3 Å². The first-order chi connectivity index (χ1) is 9.04. The van der Waals surface area contributed by atoms with Gasteiger partial charge in [0.25, 0.3) is 0 Å². The number of likely N-dealkylation sites (tertiary alicyclic amines) is 1. The van der Waals surface area contributed by atoms with E-state index < -0.39 is 0 Å². The Kier molecular flexibility index (Phi) is 4.81. The molecule has 2 saturated heterocycles. The van der Waals surface area contributed by atoms with Crippen molar-refractivity contribution in [2.24, 2.45) is 0 Å². The molecule has 5 heteroatoms. The molecule has 1 N–H and O–H groups in total. The predicted octanol–water partition coefficient (Wildman–Crippen LogP) is 0.308. The third kappa shape index (κ3) is 3.68. The highest BCUT2D eigenvalue weighted by Crippen LogP contribution is 2.18. The molecule has 0 saturated carbocycles. The van der Waals surface area contributed by atoms with Crippen LogP contribution in [-0.2, 0) is 9.53 Å². The molecule has 2 aliphatic heterocycles. The summed E-state index contributed by atoms with van der Waals surface area (Å²) in [5.74, 6) is 0.0936. The van der Waals surface area contributed by atoms with Gasteiger partial charge in [-0.15, -0.1) is 0 Å². The molecular weight excluding hydrogens is 242 g/mol. The maximum atomic E-state index is 12.1. The largest absolute Gasteiger partial charge is 0.363 e. The molecule has 19 heavy (non-hydrogen) atoms. The standard InChI is InChI=1S/C14H27N3O2/c1-4-17-7-5-6-12(17)8-16(3)13(18)9-19-14(2)10-15-11-14/h12,15H,4-11H2,1-3H3. The molecule has 0 aromatic carbocycles. The minimum Gasteiger partial charge on any atom is -0.363 e. The number of hydrogen-bond acceptors (Lipinski definition) is 4. The Morgan fingerprint density at radius 1 is 1.53 bits per heavy atom. The lowest BCUT2D eigenvalue weighted by molar-refractivity contribution is -0.145. The van der Waals surface area contributed by atoms with Gasteiger partial charge in [0, 0.05) is 32.7 Å². The van der Waals surface area contributed by atoms with E-state index in [1.807, 2.05) is 18.9 Å². The van der Waals surface area contributed by atoms with Gasteiger partial charge < -0.3 is 15.0 Å². The van der Waals surface area contributed by atoms with Crippen molar-refractivity contribution in [1.29, 1.82) is 0 Å². The van der Waals surface area contributed by atoms with Gasteiger partial charge in [-0.1, -0.05) is 6.92 Å². The van der Waals surface area contributed by atoms with Crippen LogP contribution in [0.4, 0.5) is 0 Å². The van der Waals surface area contributed by atoms with Gasteiger partial charge in [-0.2, -0.15) is 0 Å². The molecule has 0 spiro atoms. The van der Waals surface area contributed by atoms with Gasteiger partial charge in [0.15, 0.2) is 0 Å². The Hall–Kier alpha value is -0.650. The van der Waals surface area contributed by atoms with Gasteiger partial charge in [0.2, 0.25) is 5.91 Å². The zero-order chi connectivity index (χ0) is 13.9. The van der Waals surface area contributed by atoms with Crippen molar-refractivity contribution in [3.63, 3.8) is 0 Å². The normalized spacial score (nSPS) is 26.2. The van der Waals surface area contributed by atoms with Crippen molar-refractivity contribution in [1.82, 2.24) is 15.1 Å². The van der Waals surface area contributed by atoms with E-state index in [0.717, 1.165) is 26.2 Å². The third-order valence-electron chi connectivity index (χ3n) is 4.36. The van der Waals surface area contributed by atoms with E-state index in [9.17, 15) is 4.79 Å². The SMILES string of the molecule is CCN1CCCC1CN(C)C(=O)COC1(C)CNC1. The van der Waals surface area contributed by atoms with E-state index in [4.69, 9.17) is 4.74 Å². The maximum Gasteiger partial charge on any atom is 0.248 e. The van der Waals surface area contributed by atoms with E-state index in [1.54, 1.807) is 0 Å². The second-order valence-corrected chi connectivity index (χ2v) is 6.04. The Morgan fingerprint density at radius 3 is 2.84 bits per heavy atom. The molecule has 5 nitrogen and oxygen atoms in total. The second-order valence-electron chi connectivity index (χ2n) is 6.04. The van der Waals surface area contributed by atoms with E-state index in [-0.39, 0.29) is 18.1 Å². The van der Waals surface area contributed by atoms with Crippen molar-refractivity contribution in [3.05, 3.63) is 0 Å². The molecule has 0 bridgehead atoms. The topological polar surface area (TPSA) is 44.8 Å². The summed E-state index contributed by atoms with van der Waals surface area (Å²) < 4.78 is 5.70. The molecular formula is C14H27N3O2. The van der Waals surface area contributed by atoms with E-state index >= 15 is 0 Å². The first-order valence-electron chi connectivity index (χ1n) is 7.37. The number of likely N-dealkylation sites (N-methyl/N-ethyl adjacent to an activating group) is 2. The van der Waals surface area contributed by atoms with Crippen molar-refractivity contribution in [2.75, 3.05) is 46.4 Å². The minimum absolute atomic E-state index is 0.0936. The van der Waals surface area contributed by atoms with Gasteiger partial charge >= 0.3 is 0 Å². The lowest BCUT2D eigenvalue weighted by Gasteiger charge is -2.39. The van der Waals surface area contributed by atoms with Gasteiger partial charge in [-0.05, 0) is 32.9 Å². The number of carbonyl (C=O) groups excluding carboxylic acids is 1. The molecule has 1 amide bonds. The number of nitrogens with one attached hydrogen (secondary N) is 1. The summed E-state index contributed by atoms with van der Waals surface area (Å²) in [4.78, 5) is 16.4.